The van der Waals surface area contributed by atoms with Crippen molar-refractivity contribution >= 4 is 0 Å². The van der Waals surface area contributed by atoms with Crippen LogP contribution < -0.4 is 11.3 Å². The fourth-order valence-corrected chi connectivity index (χ4v) is 1.85. The largest absolute Gasteiger partial charge is 0.330 e. The first-order chi connectivity index (χ1) is 6.20. The van der Waals surface area contributed by atoms with Crippen LogP contribution in [0.15, 0.2) is 4.79 Å². The summed E-state index contributed by atoms with van der Waals surface area (Å²) >= 11 is 0. The maximum absolute atomic E-state index is 11.5. The van der Waals surface area contributed by atoms with Crippen LogP contribution in [0.1, 0.15) is 17.1 Å². The second-order valence-electron chi connectivity index (χ2n) is 3.59. The highest BCUT2D eigenvalue weighted by Gasteiger charge is 2.24. The van der Waals surface area contributed by atoms with Crippen molar-refractivity contribution < 1.29 is 0 Å². The van der Waals surface area contributed by atoms with Gasteiger partial charge in [-0.3, -0.25) is 4.79 Å². The molecule has 1 heterocycles. The van der Waals surface area contributed by atoms with Crippen LogP contribution >= 0.6 is 0 Å². The molecule has 2 rings (SSSR count). The summed E-state index contributed by atoms with van der Waals surface area (Å²) in [6.45, 7) is 2.44. The zero-order valence-corrected chi connectivity index (χ0v) is 7.63. The van der Waals surface area contributed by atoms with Gasteiger partial charge in [0.1, 0.15) is 5.82 Å². The highest BCUT2D eigenvalue weighted by atomic mass is 16.1. The fourth-order valence-electron chi connectivity index (χ4n) is 1.85. The zero-order valence-electron chi connectivity index (χ0n) is 7.63. The van der Waals surface area contributed by atoms with E-state index in [-0.39, 0.29) is 5.56 Å². The molecular formula is C9H13N3O. The summed E-state index contributed by atoms with van der Waals surface area (Å²) in [4.78, 5) is 18.5. The van der Waals surface area contributed by atoms with Gasteiger partial charge in [0.2, 0.25) is 0 Å². The molecule has 0 saturated heterocycles. The topological polar surface area (TPSA) is 71.8 Å². The van der Waals surface area contributed by atoms with Crippen molar-refractivity contribution in [3.8, 4) is 0 Å². The van der Waals surface area contributed by atoms with Gasteiger partial charge in [-0.1, -0.05) is 0 Å². The van der Waals surface area contributed by atoms with Crippen molar-refractivity contribution in [2.45, 2.75) is 19.8 Å². The highest BCUT2D eigenvalue weighted by molar-refractivity contribution is 5.24. The Kier molecular flexibility index (Phi) is 1.92. The summed E-state index contributed by atoms with van der Waals surface area (Å²) in [5, 5.41) is 0. The third-order valence-electron chi connectivity index (χ3n) is 2.53. The van der Waals surface area contributed by atoms with E-state index in [1.54, 1.807) is 6.92 Å². The lowest BCUT2D eigenvalue weighted by molar-refractivity contribution is 0.571. The number of fused-ring (bicyclic) bond motifs is 1. The van der Waals surface area contributed by atoms with Crippen LogP contribution in [0.4, 0.5) is 0 Å². The van der Waals surface area contributed by atoms with E-state index < -0.39 is 0 Å². The molecule has 1 aliphatic rings. The molecule has 0 aliphatic heterocycles. The molecule has 0 amide bonds. The Morgan fingerprint density at radius 2 is 2.38 bits per heavy atom. The van der Waals surface area contributed by atoms with E-state index in [1.165, 1.54) is 0 Å². The van der Waals surface area contributed by atoms with Crippen molar-refractivity contribution in [2.24, 2.45) is 11.7 Å². The van der Waals surface area contributed by atoms with Gasteiger partial charge in [0.05, 0.1) is 5.69 Å². The molecule has 1 aromatic heterocycles. The predicted molar refractivity (Wildman–Crippen MR) is 49.5 cm³/mol. The standard InChI is InChI=1S/C9H13N3O/c1-5-11-8-3-6(4-10)2-7(8)9(13)12-5/h6H,2-4,10H2,1H3,(H,11,12,13). The van der Waals surface area contributed by atoms with E-state index in [0.29, 0.717) is 18.3 Å². The van der Waals surface area contributed by atoms with Crippen molar-refractivity contribution in [2.75, 3.05) is 6.54 Å². The summed E-state index contributed by atoms with van der Waals surface area (Å²) in [6, 6.07) is 0. The van der Waals surface area contributed by atoms with E-state index in [1.807, 2.05) is 0 Å². The minimum atomic E-state index is 0.0125. The molecule has 0 bridgehead atoms. The van der Waals surface area contributed by atoms with Crippen LogP contribution in [-0.2, 0) is 12.8 Å². The normalized spacial score (nSPS) is 20.3. The number of nitrogens with two attached hydrogens (primary N) is 1. The Hall–Kier alpha value is -1.16. The third-order valence-corrected chi connectivity index (χ3v) is 2.53. The third kappa shape index (κ3) is 1.37. The smallest absolute Gasteiger partial charge is 0.254 e. The van der Waals surface area contributed by atoms with Gasteiger partial charge in [-0.05, 0) is 32.2 Å². The first-order valence-corrected chi connectivity index (χ1v) is 4.49. The molecular weight excluding hydrogens is 166 g/mol. The molecule has 70 valence electrons. The van der Waals surface area contributed by atoms with E-state index in [9.17, 15) is 4.79 Å². The van der Waals surface area contributed by atoms with Crippen molar-refractivity contribution in [3.05, 3.63) is 27.4 Å². The summed E-state index contributed by atoms with van der Waals surface area (Å²) < 4.78 is 0. The van der Waals surface area contributed by atoms with Gasteiger partial charge in [-0.2, -0.15) is 0 Å². The SMILES string of the molecule is Cc1nc2c(c(=O)[nH]1)CC(CN)C2. The van der Waals surface area contributed by atoms with E-state index in [0.717, 1.165) is 24.1 Å². The average Bonchev–Trinajstić information content (AvgIpc) is 2.47. The molecule has 3 N–H and O–H groups in total. The van der Waals surface area contributed by atoms with Crippen LogP contribution in [-0.4, -0.2) is 16.5 Å². The number of H-pyrrole nitrogens is 1. The van der Waals surface area contributed by atoms with Gasteiger partial charge < -0.3 is 10.7 Å². The Balaban J connectivity index is 2.46. The summed E-state index contributed by atoms with van der Waals surface area (Å²) in [5.74, 6) is 1.10. The van der Waals surface area contributed by atoms with Crippen LogP contribution in [0.5, 0.6) is 0 Å². The lowest BCUT2D eigenvalue weighted by atomic mass is 10.1. The first-order valence-electron chi connectivity index (χ1n) is 4.49. The zero-order chi connectivity index (χ0) is 9.42. The fraction of sp³-hybridized carbons (Fsp3) is 0.556. The molecule has 0 spiro atoms. The van der Waals surface area contributed by atoms with Gasteiger partial charge in [0.25, 0.3) is 5.56 Å². The van der Waals surface area contributed by atoms with Gasteiger partial charge >= 0.3 is 0 Å². The monoisotopic (exact) mass is 179 g/mol. The Morgan fingerprint density at radius 3 is 3.08 bits per heavy atom. The summed E-state index contributed by atoms with van der Waals surface area (Å²) in [7, 11) is 0. The highest BCUT2D eigenvalue weighted by Crippen LogP contribution is 2.20. The molecule has 1 aromatic rings. The maximum Gasteiger partial charge on any atom is 0.254 e. The molecule has 1 atom stereocenters. The molecule has 0 fully saturated rings. The molecule has 1 aliphatic carbocycles. The van der Waals surface area contributed by atoms with Crippen molar-refractivity contribution in [1.29, 1.82) is 0 Å². The summed E-state index contributed by atoms with van der Waals surface area (Å²) in [5.41, 5.74) is 7.35. The lowest BCUT2D eigenvalue weighted by Gasteiger charge is -2.00. The number of rotatable bonds is 1. The van der Waals surface area contributed by atoms with Gasteiger partial charge in [-0.25, -0.2) is 4.98 Å². The molecule has 13 heavy (non-hydrogen) atoms. The Morgan fingerprint density at radius 1 is 1.62 bits per heavy atom. The van der Waals surface area contributed by atoms with Crippen LogP contribution in [0, 0.1) is 12.8 Å². The van der Waals surface area contributed by atoms with Crippen molar-refractivity contribution in [3.63, 3.8) is 0 Å². The van der Waals surface area contributed by atoms with Gasteiger partial charge in [0.15, 0.2) is 0 Å². The molecule has 0 radical (unpaired) electrons. The predicted octanol–water partition coefficient (Wildman–Crippen LogP) is -0.248. The van der Waals surface area contributed by atoms with Crippen LogP contribution in [0.2, 0.25) is 0 Å². The van der Waals surface area contributed by atoms with E-state index in [2.05, 4.69) is 9.97 Å². The Bertz CT molecular complexity index is 383. The maximum atomic E-state index is 11.5. The Labute approximate surface area is 76.2 Å². The molecule has 1 unspecified atom stereocenters. The number of aromatic amines is 1. The number of hydrogen-bond acceptors (Lipinski definition) is 3. The molecule has 4 nitrogen and oxygen atoms in total. The van der Waals surface area contributed by atoms with Gasteiger partial charge in [0, 0.05) is 5.56 Å². The van der Waals surface area contributed by atoms with E-state index >= 15 is 0 Å². The number of nitrogens with one attached hydrogen (secondary N) is 1. The number of hydrogen-bond donors (Lipinski definition) is 2. The average molecular weight is 179 g/mol. The number of aryl methyl sites for hydroxylation is 1. The first kappa shape index (κ1) is 8.44. The number of aromatic nitrogens is 2. The second kappa shape index (κ2) is 2.96. The number of nitrogens with zero attached hydrogens (tertiary/aromatic N) is 1. The second-order valence-corrected chi connectivity index (χ2v) is 3.59. The van der Waals surface area contributed by atoms with Crippen LogP contribution in [0.25, 0.3) is 0 Å². The summed E-state index contributed by atoms with van der Waals surface area (Å²) in [6.07, 6.45) is 1.64. The quantitative estimate of drug-likeness (QED) is 0.624. The minimum Gasteiger partial charge on any atom is -0.330 e. The lowest BCUT2D eigenvalue weighted by Crippen LogP contribution is -2.17. The van der Waals surface area contributed by atoms with Gasteiger partial charge in [-0.15, -0.1) is 0 Å². The minimum absolute atomic E-state index is 0.0125. The molecule has 0 aromatic carbocycles. The molecule has 0 saturated carbocycles. The van der Waals surface area contributed by atoms with E-state index in [4.69, 9.17) is 5.73 Å². The molecule has 4 heteroatoms. The van der Waals surface area contributed by atoms with Crippen molar-refractivity contribution in [1.82, 2.24) is 9.97 Å². The van der Waals surface area contributed by atoms with Crippen LogP contribution in [0.3, 0.4) is 0 Å².